The van der Waals surface area contributed by atoms with Gasteiger partial charge in [0.15, 0.2) is 0 Å². The van der Waals surface area contributed by atoms with Crippen LogP contribution in [-0.2, 0) is 10.0 Å². The predicted molar refractivity (Wildman–Crippen MR) is 71.8 cm³/mol. The Morgan fingerprint density at radius 1 is 1.38 bits per heavy atom. The molecule has 6 heteroatoms. The number of sulfonamides is 1. The largest absolute Gasteiger partial charge is 0.392 e. The lowest BCUT2D eigenvalue weighted by Crippen LogP contribution is -2.44. The van der Waals surface area contributed by atoms with Gasteiger partial charge in [0.2, 0.25) is 10.0 Å². The molecule has 0 spiro atoms. The molecule has 0 amide bonds. The molecule has 0 aliphatic carbocycles. The van der Waals surface area contributed by atoms with Gasteiger partial charge in [-0.3, -0.25) is 0 Å². The van der Waals surface area contributed by atoms with E-state index in [0.717, 1.165) is 12.8 Å². The molecule has 0 aromatic carbocycles. The summed E-state index contributed by atoms with van der Waals surface area (Å²) in [6.07, 6.45) is 1.86. The molecule has 3 N–H and O–H groups in total. The van der Waals surface area contributed by atoms with Crippen molar-refractivity contribution in [2.75, 3.05) is 0 Å². The Kier molecular flexibility index (Phi) is 6.43. The molecule has 4 nitrogen and oxygen atoms in total. The molecule has 0 rings (SSSR count). The van der Waals surface area contributed by atoms with E-state index in [2.05, 4.69) is 30.8 Å². The van der Waals surface area contributed by atoms with Gasteiger partial charge in [-0.2, -0.15) is 0 Å². The van der Waals surface area contributed by atoms with Crippen molar-refractivity contribution in [2.24, 2.45) is 11.7 Å². The highest BCUT2D eigenvalue weighted by Crippen LogP contribution is 2.11. The average molecular weight is 266 g/mol. The van der Waals surface area contributed by atoms with Gasteiger partial charge in [0.05, 0.1) is 4.99 Å². The van der Waals surface area contributed by atoms with Crippen LogP contribution in [0.25, 0.3) is 0 Å². The van der Waals surface area contributed by atoms with Crippen molar-refractivity contribution in [1.82, 2.24) is 4.72 Å². The molecule has 0 aliphatic rings. The van der Waals surface area contributed by atoms with Gasteiger partial charge in [0.25, 0.3) is 0 Å². The average Bonchev–Trinajstić information content (AvgIpc) is 2.14. The number of hydrogen-bond donors (Lipinski definition) is 2. The van der Waals surface area contributed by atoms with Gasteiger partial charge >= 0.3 is 0 Å². The zero-order valence-electron chi connectivity index (χ0n) is 10.4. The first kappa shape index (κ1) is 15.8. The highest BCUT2D eigenvalue weighted by molar-refractivity contribution is 7.93. The van der Waals surface area contributed by atoms with E-state index in [-0.39, 0.29) is 11.0 Å². The molecule has 0 saturated heterocycles. The van der Waals surface area contributed by atoms with Crippen LogP contribution in [0.1, 0.15) is 40.5 Å². The summed E-state index contributed by atoms with van der Waals surface area (Å²) >= 11 is 4.69. The molecular weight excluding hydrogens is 244 g/mol. The quantitative estimate of drug-likeness (QED) is 0.683. The van der Waals surface area contributed by atoms with Crippen molar-refractivity contribution in [3.8, 4) is 0 Å². The highest BCUT2D eigenvalue weighted by Gasteiger charge is 2.25. The summed E-state index contributed by atoms with van der Waals surface area (Å²) in [5.41, 5.74) is 5.34. The number of thiocarbonyl (C=S) groups is 1. The van der Waals surface area contributed by atoms with Crippen LogP contribution in [-0.4, -0.2) is 24.7 Å². The Hall–Kier alpha value is -0.200. The number of hydrogen-bond acceptors (Lipinski definition) is 3. The molecule has 0 heterocycles. The minimum atomic E-state index is -3.43. The maximum atomic E-state index is 11.8. The first-order valence-electron chi connectivity index (χ1n) is 5.51. The van der Waals surface area contributed by atoms with E-state index in [9.17, 15) is 8.42 Å². The zero-order valence-corrected chi connectivity index (χ0v) is 12.0. The molecule has 16 heavy (non-hydrogen) atoms. The molecular formula is C10H22N2O2S2. The van der Waals surface area contributed by atoms with Crippen molar-refractivity contribution in [2.45, 2.75) is 51.8 Å². The van der Waals surface area contributed by atoms with Crippen LogP contribution in [0.4, 0.5) is 0 Å². The lowest BCUT2D eigenvalue weighted by atomic mass is 10.0. The van der Waals surface area contributed by atoms with Crippen LogP contribution in [0, 0.1) is 5.92 Å². The first-order valence-corrected chi connectivity index (χ1v) is 7.46. The van der Waals surface area contributed by atoms with Gasteiger partial charge in [-0.1, -0.05) is 32.5 Å². The minimum Gasteiger partial charge on any atom is -0.392 e. The van der Waals surface area contributed by atoms with E-state index in [1.54, 1.807) is 0 Å². The third-order valence-electron chi connectivity index (χ3n) is 2.68. The molecule has 0 bridgehead atoms. The normalized spacial score (nSPS) is 17.8. The minimum absolute atomic E-state index is 0.00300. The molecule has 0 aliphatic heterocycles. The smallest absolute Gasteiger partial charge is 0.220 e. The van der Waals surface area contributed by atoms with E-state index in [1.807, 2.05) is 6.92 Å². The molecule has 0 saturated carbocycles. The Morgan fingerprint density at radius 2 is 1.88 bits per heavy atom. The first-order chi connectivity index (χ1) is 7.20. The number of nitrogens with two attached hydrogens (primary N) is 1. The van der Waals surface area contributed by atoms with E-state index in [4.69, 9.17) is 5.73 Å². The van der Waals surface area contributed by atoms with Crippen LogP contribution < -0.4 is 10.5 Å². The summed E-state index contributed by atoms with van der Waals surface area (Å²) in [6.45, 7) is 7.54. The molecule has 0 fully saturated rings. The molecule has 3 atom stereocenters. The van der Waals surface area contributed by atoms with Gasteiger partial charge in [0.1, 0.15) is 5.25 Å². The van der Waals surface area contributed by atoms with Crippen molar-refractivity contribution in [3.63, 3.8) is 0 Å². The van der Waals surface area contributed by atoms with Crippen molar-refractivity contribution >= 4 is 27.2 Å². The third kappa shape index (κ3) is 5.23. The topological polar surface area (TPSA) is 72.2 Å². The van der Waals surface area contributed by atoms with E-state index < -0.39 is 15.3 Å². The fourth-order valence-electron chi connectivity index (χ4n) is 1.35. The molecule has 96 valence electrons. The summed E-state index contributed by atoms with van der Waals surface area (Å²) in [5, 5.41) is -0.818. The van der Waals surface area contributed by atoms with Gasteiger partial charge in [-0.15, -0.1) is 0 Å². The molecule has 0 aromatic heterocycles. The highest BCUT2D eigenvalue weighted by atomic mass is 32.2. The Bertz CT molecular complexity index is 328. The Balaban J connectivity index is 4.43. The van der Waals surface area contributed by atoms with Crippen molar-refractivity contribution in [1.29, 1.82) is 0 Å². The zero-order chi connectivity index (χ0) is 12.9. The van der Waals surface area contributed by atoms with Gasteiger partial charge in [-0.25, -0.2) is 13.1 Å². The van der Waals surface area contributed by atoms with E-state index >= 15 is 0 Å². The summed E-state index contributed by atoms with van der Waals surface area (Å²) in [4.78, 5) is 0.00300. The second kappa shape index (κ2) is 6.51. The number of rotatable bonds is 7. The standard InChI is InChI=1S/C10H22N2O2S2/c1-5-7(2)6-8(3)12-16(13,14)9(4)10(11)15/h7-9,12H,5-6H2,1-4H3,(H2,11,15). The predicted octanol–water partition coefficient (Wildman–Crippen LogP) is 1.41. The van der Waals surface area contributed by atoms with Gasteiger partial charge in [0, 0.05) is 6.04 Å². The van der Waals surface area contributed by atoms with Gasteiger partial charge < -0.3 is 5.73 Å². The monoisotopic (exact) mass is 266 g/mol. The number of nitrogens with one attached hydrogen (secondary N) is 1. The Labute approximate surface area is 104 Å². The van der Waals surface area contributed by atoms with E-state index in [1.165, 1.54) is 6.92 Å². The lowest BCUT2D eigenvalue weighted by Gasteiger charge is -2.20. The van der Waals surface area contributed by atoms with Crippen molar-refractivity contribution in [3.05, 3.63) is 0 Å². The van der Waals surface area contributed by atoms with E-state index in [0.29, 0.717) is 5.92 Å². The SMILES string of the molecule is CCC(C)CC(C)NS(=O)(=O)C(C)C(N)=S. The van der Waals surface area contributed by atoms with Crippen LogP contribution in [0.2, 0.25) is 0 Å². The summed E-state index contributed by atoms with van der Waals surface area (Å²) in [7, 11) is -3.43. The summed E-state index contributed by atoms with van der Waals surface area (Å²) in [6, 6.07) is -0.0863. The van der Waals surface area contributed by atoms with Crippen LogP contribution >= 0.6 is 12.2 Å². The molecule has 3 unspecified atom stereocenters. The summed E-state index contributed by atoms with van der Waals surface area (Å²) in [5.74, 6) is 0.498. The third-order valence-corrected chi connectivity index (χ3v) is 5.10. The summed E-state index contributed by atoms with van der Waals surface area (Å²) < 4.78 is 26.2. The van der Waals surface area contributed by atoms with Crippen molar-refractivity contribution < 1.29 is 8.42 Å². The van der Waals surface area contributed by atoms with Crippen LogP contribution in [0.5, 0.6) is 0 Å². The fourth-order valence-corrected chi connectivity index (χ4v) is 2.90. The van der Waals surface area contributed by atoms with Gasteiger partial charge in [-0.05, 0) is 26.2 Å². The van der Waals surface area contributed by atoms with Crippen LogP contribution in [0.15, 0.2) is 0 Å². The maximum Gasteiger partial charge on any atom is 0.220 e. The Morgan fingerprint density at radius 3 is 2.25 bits per heavy atom. The maximum absolute atomic E-state index is 11.8. The molecule has 0 aromatic rings. The molecule has 0 radical (unpaired) electrons. The lowest BCUT2D eigenvalue weighted by molar-refractivity contribution is 0.445. The second-order valence-electron chi connectivity index (χ2n) is 4.36. The fraction of sp³-hybridized carbons (Fsp3) is 0.900. The second-order valence-corrected chi connectivity index (χ2v) is 6.86. The van der Waals surface area contributed by atoms with Crippen LogP contribution in [0.3, 0.4) is 0 Å².